The molecule has 1 aromatic rings. The van der Waals surface area contributed by atoms with E-state index in [1.165, 1.54) is 0 Å². The van der Waals surface area contributed by atoms with Crippen LogP contribution in [-0.4, -0.2) is 31.6 Å². The second-order valence-electron chi connectivity index (χ2n) is 5.03. The van der Waals surface area contributed by atoms with Gasteiger partial charge >= 0.3 is 0 Å². The SMILES string of the molecule is COc1ccc(Cl)c(N2CC(C)(C)NCC2=O)c1. The summed E-state index contributed by atoms with van der Waals surface area (Å²) in [6.07, 6.45) is 0. The third kappa shape index (κ3) is 2.60. The number of hydrogen-bond donors (Lipinski definition) is 1. The number of anilines is 1. The zero-order chi connectivity index (χ0) is 13.3. The first-order valence-electron chi connectivity index (χ1n) is 5.82. The van der Waals surface area contributed by atoms with Crippen LogP contribution in [0.3, 0.4) is 0 Å². The number of hydrogen-bond acceptors (Lipinski definition) is 3. The number of methoxy groups -OCH3 is 1. The number of rotatable bonds is 2. The van der Waals surface area contributed by atoms with Crippen LogP contribution < -0.4 is 15.0 Å². The zero-order valence-electron chi connectivity index (χ0n) is 10.8. The molecule has 1 aliphatic rings. The van der Waals surface area contributed by atoms with Crippen LogP contribution >= 0.6 is 11.6 Å². The van der Waals surface area contributed by atoms with Crippen molar-refractivity contribution in [3.05, 3.63) is 23.2 Å². The molecule has 98 valence electrons. The molecule has 1 N–H and O–H groups in total. The highest BCUT2D eigenvalue weighted by Gasteiger charge is 2.32. The minimum absolute atomic E-state index is 0.0180. The van der Waals surface area contributed by atoms with Crippen LogP contribution in [0.1, 0.15) is 13.8 Å². The molecule has 2 rings (SSSR count). The maximum atomic E-state index is 12.0. The summed E-state index contributed by atoms with van der Waals surface area (Å²) in [6, 6.07) is 5.32. The standard InChI is InChI=1S/C13H17ClN2O2/c1-13(2)8-16(12(17)7-15-13)11-6-9(18-3)4-5-10(11)14/h4-6,15H,7-8H2,1-3H3. The summed E-state index contributed by atoms with van der Waals surface area (Å²) < 4.78 is 5.18. The molecule has 0 atom stereocenters. The van der Waals surface area contributed by atoms with Crippen LogP contribution in [0.25, 0.3) is 0 Å². The smallest absolute Gasteiger partial charge is 0.241 e. The van der Waals surface area contributed by atoms with E-state index < -0.39 is 0 Å². The number of nitrogens with one attached hydrogen (secondary N) is 1. The molecular weight excluding hydrogens is 252 g/mol. The largest absolute Gasteiger partial charge is 0.497 e. The van der Waals surface area contributed by atoms with Gasteiger partial charge in [0, 0.05) is 18.2 Å². The van der Waals surface area contributed by atoms with Crippen LogP contribution in [-0.2, 0) is 4.79 Å². The lowest BCUT2D eigenvalue weighted by Crippen LogP contribution is -2.60. The van der Waals surface area contributed by atoms with E-state index in [0.29, 0.717) is 29.5 Å². The van der Waals surface area contributed by atoms with Gasteiger partial charge < -0.3 is 15.0 Å². The first-order valence-corrected chi connectivity index (χ1v) is 6.20. The van der Waals surface area contributed by atoms with Gasteiger partial charge in [-0.3, -0.25) is 4.79 Å². The maximum absolute atomic E-state index is 12.0. The molecule has 0 saturated carbocycles. The molecule has 1 amide bonds. The monoisotopic (exact) mass is 268 g/mol. The van der Waals surface area contributed by atoms with Gasteiger partial charge in [0.1, 0.15) is 5.75 Å². The van der Waals surface area contributed by atoms with Gasteiger partial charge in [0.2, 0.25) is 5.91 Å². The topological polar surface area (TPSA) is 41.6 Å². The van der Waals surface area contributed by atoms with Crippen LogP contribution in [0.4, 0.5) is 5.69 Å². The van der Waals surface area contributed by atoms with Crippen LogP contribution in [0.5, 0.6) is 5.75 Å². The van der Waals surface area contributed by atoms with E-state index in [9.17, 15) is 4.79 Å². The fraction of sp³-hybridized carbons (Fsp3) is 0.462. The number of halogens is 1. The van der Waals surface area contributed by atoms with Gasteiger partial charge in [-0.2, -0.15) is 0 Å². The lowest BCUT2D eigenvalue weighted by Gasteiger charge is -2.39. The molecule has 0 aliphatic carbocycles. The second-order valence-corrected chi connectivity index (χ2v) is 5.44. The first kappa shape index (κ1) is 13.2. The van der Waals surface area contributed by atoms with E-state index in [4.69, 9.17) is 16.3 Å². The van der Waals surface area contributed by atoms with E-state index in [1.54, 1.807) is 30.2 Å². The zero-order valence-corrected chi connectivity index (χ0v) is 11.5. The van der Waals surface area contributed by atoms with Crippen molar-refractivity contribution in [3.63, 3.8) is 0 Å². The molecule has 0 aromatic heterocycles. The van der Waals surface area contributed by atoms with Gasteiger partial charge in [-0.05, 0) is 26.0 Å². The number of carbonyl (C=O) groups excluding carboxylic acids is 1. The normalized spacial score (nSPS) is 18.9. The maximum Gasteiger partial charge on any atom is 0.241 e. The summed E-state index contributed by atoms with van der Waals surface area (Å²) in [4.78, 5) is 13.7. The summed E-state index contributed by atoms with van der Waals surface area (Å²) in [5, 5.41) is 3.75. The Kier molecular flexibility index (Phi) is 3.50. The Labute approximate surface area is 112 Å². The number of piperazine rings is 1. The lowest BCUT2D eigenvalue weighted by atomic mass is 10.0. The molecule has 1 aromatic carbocycles. The van der Waals surface area contributed by atoms with E-state index in [1.807, 2.05) is 0 Å². The van der Waals surface area contributed by atoms with Crippen molar-refractivity contribution in [2.75, 3.05) is 25.1 Å². The predicted octanol–water partition coefficient (Wildman–Crippen LogP) is 2.06. The number of amides is 1. The predicted molar refractivity (Wildman–Crippen MR) is 72.4 cm³/mol. The van der Waals surface area contributed by atoms with E-state index >= 15 is 0 Å². The Morgan fingerprint density at radius 1 is 1.44 bits per heavy atom. The fourth-order valence-corrected chi connectivity index (χ4v) is 2.22. The summed E-state index contributed by atoms with van der Waals surface area (Å²) in [7, 11) is 1.59. The van der Waals surface area contributed by atoms with Crippen molar-refractivity contribution in [3.8, 4) is 5.75 Å². The van der Waals surface area contributed by atoms with Crippen molar-refractivity contribution in [2.45, 2.75) is 19.4 Å². The molecule has 1 saturated heterocycles. The first-order chi connectivity index (χ1) is 8.43. The average molecular weight is 269 g/mol. The number of nitrogens with zero attached hydrogens (tertiary/aromatic N) is 1. The quantitative estimate of drug-likeness (QED) is 0.893. The van der Waals surface area contributed by atoms with Crippen LogP contribution in [0.2, 0.25) is 5.02 Å². The molecule has 1 aliphatic heterocycles. The molecule has 0 unspecified atom stereocenters. The number of benzene rings is 1. The Bertz CT molecular complexity index is 474. The molecule has 5 heteroatoms. The van der Waals surface area contributed by atoms with Crippen molar-refractivity contribution < 1.29 is 9.53 Å². The Balaban J connectivity index is 2.37. The number of carbonyl (C=O) groups is 1. The van der Waals surface area contributed by atoms with Crippen LogP contribution in [0, 0.1) is 0 Å². The highest BCUT2D eigenvalue weighted by Crippen LogP contribution is 2.32. The van der Waals surface area contributed by atoms with Crippen molar-refractivity contribution in [1.29, 1.82) is 0 Å². The summed E-state index contributed by atoms with van der Waals surface area (Å²) in [5.74, 6) is 0.711. The third-order valence-corrected chi connectivity index (χ3v) is 3.34. The molecular formula is C13H17ClN2O2. The van der Waals surface area contributed by atoms with Gasteiger partial charge in [0.25, 0.3) is 0 Å². The van der Waals surface area contributed by atoms with Gasteiger partial charge in [-0.25, -0.2) is 0 Å². The fourth-order valence-electron chi connectivity index (χ4n) is 2.00. The van der Waals surface area contributed by atoms with Gasteiger partial charge in [-0.1, -0.05) is 11.6 Å². The van der Waals surface area contributed by atoms with Crippen molar-refractivity contribution >= 4 is 23.2 Å². The molecule has 0 spiro atoms. The highest BCUT2D eigenvalue weighted by molar-refractivity contribution is 6.34. The molecule has 0 bridgehead atoms. The lowest BCUT2D eigenvalue weighted by molar-refractivity contribution is -0.119. The summed E-state index contributed by atoms with van der Waals surface area (Å²) in [5.41, 5.74) is 0.580. The third-order valence-electron chi connectivity index (χ3n) is 3.02. The van der Waals surface area contributed by atoms with Crippen LogP contribution in [0.15, 0.2) is 18.2 Å². The molecule has 1 heterocycles. The van der Waals surface area contributed by atoms with E-state index in [0.717, 1.165) is 0 Å². The number of ether oxygens (including phenoxy) is 1. The van der Waals surface area contributed by atoms with Gasteiger partial charge in [0.15, 0.2) is 0 Å². The molecule has 18 heavy (non-hydrogen) atoms. The summed E-state index contributed by atoms with van der Waals surface area (Å²) >= 11 is 6.18. The van der Waals surface area contributed by atoms with E-state index in [2.05, 4.69) is 19.2 Å². The summed E-state index contributed by atoms with van der Waals surface area (Å²) in [6.45, 7) is 5.01. The Morgan fingerprint density at radius 2 is 2.17 bits per heavy atom. The Hall–Kier alpha value is -1.26. The minimum Gasteiger partial charge on any atom is -0.497 e. The van der Waals surface area contributed by atoms with Crippen molar-refractivity contribution in [1.82, 2.24) is 5.32 Å². The van der Waals surface area contributed by atoms with E-state index in [-0.39, 0.29) is 11.4 Å². The minimum atomic E-state index is -0.125. The second kappa shape index (κ2) is 4.78. The highest BCUT2D eigenvalue weighted by atomic mass is 35.5. The average Bonchev–Trinajstić information content (AvgIpc) is 2.33. The Morgan fingerprint density at radius 3 is 2.83 bits per heavy atom. The van der Waals surface area contributed by atoms with Gasteiger partial charge in [-0.15, -0.1) is 0 Å². The molecule has 4 nitrogen and oxygen atoms in total. The van der Waals surface area contributed by atoms with Gasteiger partial charge in [0.05, 0.1) is 24.4 Å². The molecule has 0 radical (unpaired) electrons. The molecule has 1 fully saturated rings. The van der Waals surface area contributed by atoms with Crippen molar-refractivity contribution in [2.24, 2.45) is 0 Å².